The molecule has 3 rings (SSSR count). The molecule has 0 aliphatic carbocycles. The lowest BCUT2D eigenvalue weighted by atomic mass is 10.0. The summed E-state index contributed by atoms with van der Waals surface area (Å²) < 4.78 is 74.5. The van der Waals surface area contributed by atoms with Crippen LogP contribution in [0, 0.1) is 11.6 Å². The number of ether oxygens (including phenoxy) is 2. The van der Waals surface area contributed by atoms with Gasteiger partial charge in [0.25, 0.3) is 0 Å². The molecular weight excluding hydrogens is 443 g/mol. The van der Waals surface area contributed by atoms with Crippen LogP contribution in [-0.4, -0.2) is 12.3 Å². The lowest BCUT2D eigenvalue weighted by Crippen LogP contribution is -2.17. The van der Waals surface area contributed by atoms with Crippen molar-refractivity contribution in [1.29, 1.82) is 0 Å². The van der Waals surface area contributed by atoms with Gasteiger partial charge < -0.3 is 4.74 Å². The Hall–Kier alpha value is -3.26. The summed E-state index contributed by atoms with van der Waals surface area (Å²) in [7, 11) is 0. The first-order valence-electron chi connectivity index (χ1n) is 10.2. The van der Waals surface area contributed by atoms with Gasteiger partial charge in [0.1, 0.15) is 17.4 Å². The van der Waals surface area contributed by atoms with E-state index in [1.165, 1.54) is 24.3 Å². The van der Waals surface area contributed by atoms with Crippen LogP contribution in [0.25, 0.3) is 11.1 Å². The van der Waals surface area contributed by atoms with E-state index in [0.29, 0.717) is 11.1 Å². The summed E-state index contributed by atoms with van der Waals surface area (Å²) in [5, 5.41) is 0. The van der Waals surface area contributed by atoms with Crippen LogP contribution < -0.4 is 4.74 Å². The predicted octanol–water partition coefficient (Wildman–Crippen LogP) is 7.40. The van der Waals surface area contributed by atoms with Crippen LogP contribution >= 0.6 is 0 Å². The fourth-order valence-electron chi connectivity index (χ4n) is 3.35. The smallest absolute Gasteiger partial charge is 0.423 e. The minimum atomic E-state index is -4.91. The average Bonchev–Trinajstić information content (AvgIpc) is 2.73. The third-order valence-corrected chi connectivity index (χ3v) is 4.93. The van der Waals surface area contributed by atoms with Gasteiger partial charge in [-0.3, -0.25) is 4.74 Å². The molecule has 0 fully saturated rings. The zero-order valence-corrected chi connectivity index (χ0v) is 17.9. The van der Waals surface area contributed by atoms with E-state index in [0.717, 1.165) is 37.5 Å². The molecule has 0 N–H and O–H groups in total. The van der Waals surface area contributed by atoms with Crippen LogP contribution in [-0.2, 0) is 11.2 Å². The highest BCUT2D eigenvalue weighted by atomic mass is 19.4. The van der Waals surface area contributed by atoms with Gasteiger partial charge in [-0.25, -0.2) is 13.6 Å². The van der Waals surface area contributed by atoms with Gasteiger partial charge in [-0.1, -0.05) is 37.6 Å². The third kappa shape index (κ3) is 6.38. The minimum Gasteiger partial charge on any atom is -0.423 e. The molecule has 0 spiro atoms. The monoisotopic (exact) mass is 464 g/mol. The number of benzene rings is 3. The van der Waals surface area contributed by atoms with Gasteiger partial charge in [0.2, 0.25) is 0 Å². The highest BCUT2D eigenvalue weighted by Gasteiger charge is 2.33. The van der Waals surface area contributed by atoms with E-state index in [1.807, 2.05) is 13.0 Å². The van der Waals surface area contributed by atoms with Gasteiger partial charge in [0, 0.05) is 17.2 Å². The van der Waals surface area contributed by atoms with Crippen molar-refractivity contribution in [2.75, 3.05) is 0 Å². The summed E-state index contributed by atoms with van der Waals surface area (Å²) in [6.07, 6.45) is -4.80. The van der Waals surface area contributed by atoms with E-state index in [2.05, 4.69) is 4.74 Å². The molecule has 0 amide bonds. The molecule has 0 radical (unpaired) electrons. The van der Waals surface area contributed by atoms with E-state index in [9.17, 15) is 26.7 Å². The van der Waals surface area contributed by atoms with Crippen molar-refractivity contribution in [3.05, 3.63) is 89.0 Å². The second-order valence-corrected chi connectivity index (χ2v) is 7.42. The Morgan fingerprint density at radius 3 is 2.21 bits per heavy atom. The summed E-state index contributed by atoms with van der Waals surface area (Å²) in [5.41, 5.74) is 1.67. The zero-order valence-electron chi connectivity index (χ0n) is 17.9. The minimum absolute atomic E-state index is 0.139. The van der Waals surface area contributed by atoms with Crippen molar-refractivity contribution < 1.29 is 36.2 Å². The number of aryl methyl sites for hydroxylation is 1. The molecule has 0 aliphatic heterocycles. The van der Waals surface area contributed by atoms with E-state index >= 15 is 0 Å². The highest BCUT2D eigenvalue weighted by Crippen LogP contribution is 2.31. The van der Waals surface area contributed by atoms with Crippen molar-refractivity contribution in [3.8, 4) is 16.9 Å². The first kappa shape index (κ1) is 24.4. The first-order valence-corrected chi connectivity index (χ1v) is 10.2. The maximum absolute atomic E-state index is 14.4. The van der Waals surface area contributed by atoms with Crippen molar-refractivity contribution >= 4 is 5.97 Å². The number of rotatable bonds is 7. The maximum atomic E-state index is 14.4. The molecule has 0 saturated heterocycles. The summed E-state index contributed by atoms with van der Waals surface area (Å²) in [6.45, 7) is 3.06. The molecule has 0 aromatic heterocycles. The van der Waals surface area contributed by atoms with Gasteiger partial charge in [-0.05, 0) is 54.8 Å². The Labute approximate surface area is 187 Å². The molecule has 0 aliphatic rings. The predicted molar refractivity (Wildman–Crippen MR) is 113 cm³/mol. The van der Waals surface area contributed by atoms with E-state index in [1.54, 1.807) is 18.2 Å². The van der Waals surface area contributed by atoms with Crippen molar-refractivity contribution in [3.63, 3.8) is 0 Å². The van der Waals surface area contributed by atoms with E-state index < -0.39 is 24.3 Å². The summed E-state index contributed by atoms with van der Waals surface area (Å²) in [6, 6.07) is 14.1. The molecule has 0 heterocycles. The molecule has 3 aromatic carbocycles. The van der Waals surface area contributed by atoms with Crippen molar-refractivity contribution in [2.45, 2.75) is 39.2 Å². The Morgan fingerprint density at radius 1 is 0.939 bits per heavy atom. The average molecular weight is 464 g/mol. The number of hydrogen-bond acceptors (Lipinski definition) is 3. The van der Waals surface area contributed by atoms with Gasteiger partial charge in [0.05, 0.1) is 11.7 Å². The van der Waals surface area contributed by atoms with E-state index in [4.69, 9.17) is 4.74 Å². The normalized spacial score (nSPS) is 12.5. The molecule has 174 valence electrons. The summed E-state index contributed by atoms with van der Waals surface area (Å²) in [5.74, 6) is -2.35. The third-order valence-electron chi connectivity index (χ3n) is 4.93. The fourth-order valence-corrected chi connectivity index (χ4v) is 3.35. The number of alkyl halides is 3. The quantitative estimate of drug-likeness (QED) is 0.208. The molecule has 3 aromatic rings. The number of esters is 1. The number of carbonyl (C=O) groups is 1. The van der Waals surface area contributed by atoms with Crippen LogP contribution in [0.2, 0.25) is 0 Å². The molecule has 33 heavy (non-hydrogen) atoms. The topological polar surface area (TPSA) is 35.5 Å². The maximum Gasteiger partial charge on any atom is 0.523 e. The number of hydrogen-bond donors (Lipinski definition) is 0. The molecule has 1 atom stereocenters. The lowest BCUT2D eigenvalue weighted by molar-refractivity contribution is -0.342. The van der Waals surface area contributed by atoms with Crippen LogP contribution in [0.1, 0.15) is 47.9 Å². The molecule has 1 unspecified atom stereocenters. The number of halogens is 5. The molecule has 3 nitrogen and oxygen atoms in total. The van der Waals surface area contributed by atoms with Crippen LogP contribution in [0.15, 0.2) is 60.7 Å². The summed E-state index contributed by atoms with van der Waals surface area (Å²) >= 11 is 0. The van der Waals surface area contributed by atoms with Gasteiger partial charge >= 0.3 is 12.3 Å². The van der Waals surface area contributed by atoms with Crippen LogP contribution in [0.5, 0.6) is 5.75 Å². The molecule has 8 heteroatoms. The van der Waals surface area contributed by atoms with E-state index in [-0.39, 0.29) is 22.7 Å². The van der Waals surface area contributed by atoms with Crippen LogP contribution in [0.3, 0.4) is 0 Å². The summed E-state index contributed by atoms with van der Waals surface area (Å²) in [4.78, 5) is 12.4. The Morgan fingerprint density at radius 2 is 1.64 bits per heavy atom. The largest absolute Gasteiger partial charge is 0.523 e. The Kier molecular flexibility index (Phi) is 7.48. The second kappa shape index (κ2) is 10.1. The highest BCUT2D eigenvalue weighted by molar-refractivity contribution is 5.91. The molecule has 0 saturated carbocycles. The van der Waals surface area contributed by atoms with Gasteiger partial charge in [0.15, 0.2) is 0 Å². The van der Waals surface area contributed by atoms with Crippen molar-refractivity contribution in [1.82, 2.24) is 0 Å². The first-order chi connectivity index (χ1) is 15.6. The van der Waals surface area contributed by atoms with Gasteiger partial charge in [-0.15, -0.1) is 13.2 Å². The SMILES string of the molecule is CCCc1ccc(-c2ccc(C(=O)Oc3ccc(C(C)OC(F)(F)F)c(F)c3)cc2)c(F)c1. The second-order valence-electron chi connectivity index (χ2n) is 7.42. The Bertz CT molecular complexity index is 1120. The van der Waals surface area contributed by atoms with Crippen LogP contribution in [0.4, 0.5) is 22.0 Å². The van der Waals surface area contributed by atoms with Crippen molar-refractivity contribution in [2.24, 2.45) is 0 Å². The standard InChI is InChI=1S/C25H21F5O3/c1-3-4-16-5-11-21(22(26)13-16)17-6-8-18(9-7-17)24(31)32-19-10-12-20(23(27)14-19)15(2)33-25(28,29)30/h5-15H,3-4H2,1-2H3. The van der Waals surface area contributed by atoms with Gasteiger partial charge in [-0.2, -0.15) is 0 Å². The lowest BCUT2D eigenvalue weighted by Gasteiger charge is -2.16. The number of carbonyl (C=O) groups excluding carboxylic acids is 1. The fraction of sp³-hybridized carbons (Fsp3) is 0.240. The molecule has 0 bridgehead atoms. The molecular formula is C25H21F5O3. The Balaban J connectivity index is 1.70. The zero-order chi connectivity index (χ0) is 24.2.